The molecule has 0 saturated carbocycles. The summed E-state index contributed by atoms with van der Waals surface area (Å²) in [5.74, 6) is 0. The number of aromatic nitrogens is 2. The molecule has 0 atom stereocenters. The third-order valence-corrected chi connectivity index (χ3v) is 6.47. The number of pyridine rings is 1. The van der Waals surface area contributed by atoms with Gasteiger partial charge in [-0.15, -0.1) is 0 Å². The number of fused-ring (bicyclic) bond motifs is 1. The van der Waals surface area contributed by atoms with Gasteiger partial charge in [-0.3, -0.25) is 19.7 Å². The lowest BCUT2D eigenvalue weighted by Crippen LogP contribution is -2.46. The molecule has 0 unspecified atom stereocenters. The normalized spacial score (nSPS) is 15.1. The Morgan fingerprint density at radius 2 is 1.79 bits per heavy atom. The second-order valence-corrected chi connectivity index (χ2v) is 8.82. The van der Waals surface area contributed by atoms with Crippen LogP contribution in [0.25, 0.3) is 11.3 Å². The first-order valence-electron chi connectivity index (χ1n) is 11.7. The molecule has 1 aliphatic carbocycles. The number of nitrogens with zero attached hydrogens (tertiary/aromatic N) is 4. The summed E-state index contributed by atoms with van der Waals surface area (Å²) in [4.78, 5) is 29.9. The van der Waals surface area contributed by atoms with E-state index in [1.165, 1.54) is 5.69 Å². The van der Waals surface area contributed by atoms with Crippen LogP contribution in [-0.2, 0) is 6.54 Å². The molecule has 1 aromatic heterocycles. The van der Waals surface area contributed by atoms with Gasteiger partial charge in [0.15, 0.2) is 0 Å². The van der Waals surface area contributed by atoms with Crippen molar-refractivity contribution in [3.05, 3.63) is 100 Å². The Morgan fingerprint density at radius 3 is 2.59 bits per heavy atom. The number of H-pyrrole nitrogens is 1. The van der Waals surface area contributed by atoms with Crippen LogP contribution in [0.2, 0.25) is 0 Å². The molecule has 1 N–H and O–H groups in total. The second-order valence-electron chi connectivity index (χ2n) is 8.82. The van der Waals surface area contributed by atoms with Crippen molar-refractivity contribution in [1.82, 2.24) is 14.9 Å². The van der Waals surface area contributed by atoms with Crippen LogP contribution in [0.4, 0.5) is 11.4 Å². The maximum Gasteiger partial charge on any atom is 0.258 e. The monoisotopic (exact) mass is 451 g/mol. The third kappa shape index (κ3) is 4.63. The zero-order valence-corrected chi connectivity index (χ0v) is 19.7. The molecular weight excluding hydrogens is 422 g/mol. The van der Waals surface area contributed by atoms with E-state index in [0.29, 0.717) is 5.56 Å². The first-order valence-corrected chi connectivity index (χ1v) is 11.7. The van der Waals surface area contributed by atoms with E-state index in [1.807, 2.05) is 55.6 Å². The summed E-state index contributed by atoms with van der Waals surface area (Å²) in [6, 6.07) is 22.2. The highest BCUT2D eigenvalue weighted by molar-refractivity contribution is 6.05. The average molecular weight is 452 g/mol. The molecule has 1 saturated heterocycles. The lowest BCUT2D eigenvalue weighted by atomic mass is 10.1. The number of hydrogen-bond acceptors (Lipinski definition) is 5. The van der Waals surface area contributed by atoms with Crippen molar-refractivity contribution in [2.45, 2.75) is 20.4 Å². The van der Waals surface area contributed by atoms with Crippen LogP contribution in [0.5, 0.6) is 0 Å². The molecule has 2 aliphatic heterocycles. The van der Waals surface area contributed by atoms with Gasteiger partial charge in [0.1, 0.15) is 0 Å². The third-order valence-electron chi connectivity index (χ3n) is 6.47. The lowest BCUT2D eigenvalue weighted by molar-refractivity contribution is 0.247. The molecule has 1 aromatic carbocycles. The van der Waals surface area contributed by atoms with Crippen LogP contribution in [-0.4, -0.2) is 46.8 Å². The lowest BCUT2D eigenvalue weighted by Gasteiger charge is -2.36. The Labute approximate surface area is 200 Å². The van der Waals surface area contributed by atoms with Gasteiger partial charge >= 0.3 is 0 Å². The zero-order chi connectivity index (χ0) is 23.5. The molecule has 1 fully saturated rings. The van der Waals surface area contributed by atoms with Crippen LogP contribution in [0.1, 0.15) is 23.7 Å². The van der Waals surface area contributed by atoms with E-state index >= 15 is 0 Å². The Balaban J connectivity index is 1.35. The van der Waals surface area contributed by atoms with Gasteiger partial charge in [0.05, 0.1) is 22.7 Å². The van der Waals surface area contributed by atoms with E-state index < -0.39 is 0 Å². The molecule has 172 valence electrons. The van der Waals surface area contributed by atoms with Gasteiger partial charge in [-0.05, 0) is 49.7 Å². The van der Waals surface area contributed by atoms with Crippen LogP contribution >= 0.6 is 0 Å². The quantitative estimate of drug-likeness (QED) is 0.449. The van der Waals surface area contributed by atoms with E-state index in [2.05, 4.69) is 51.0 Å². The molecule has 2 aromatic rings. The fraction of sp³-hybridized carbons (Fsp3) is 0.250. The molecule has 5 rings (SSSR count). The van der Waals surface area contributed by atoms with Gasteiger partial charge in [0.2, 0.25) is 0 Å². The van der Waals surface area contributed by atoms with Crippen LogP contribution in [0.3, 0.4) is 0 Å². The summed E-state index contributed by atoms with van der Waals surface area (Å²) in [5, 5.41) is 0. The number of anilines is 1. The number of nitrogens with one attached hydrogen (secondary N) is 1. The highest BCUT2D eigenvalue weighted by atomic mass is 16.1. The zero-order valence-electron chi connectivity index (χ0n) is 19.7. The van der Waals surface area contributed by atoms with Crippen molar-refractivity contribution >= 4 is 17.1 Å². The largest absolute Gasteiger partial charge is 0.369 e. The minimum absolute atomic E-state index is 0.0970. The van der Waals surface area contributed by atoms with Crippen molar-refractivity contribution in [3.8, 4) is 11.3 Å². The fourth-order valence-electron chi connectivity index (χ4n) is 4.58. The number of piperazine rings is 1. The van der Waals surface area contributed by atoms with Gasteiger partial charge < -0.3 is 9.88 Å². The molecule has 0 spiro atoms. The highest BCUT2D eigenvalue weighted by Gasteiger charge is 2.19. The number of benzene rings is 1. The summed E-state index contributed by atoms with van der Waals surface area (Å²) < 4.78 is 0. The number of hydrogen-bond donors (Lipinski definition) is 1. The van der Waals surface area contributed by atoms with E-state index in [1.54, 1.807) is 0 Å². The van der Waals surface area contributed by atoms with E-state index in [-0.39, 0.29) is 5.56 Å². The van der Waals surface area contributed by atoms with Crippen molar-refractivity contribution < 1.29 is 0 Å². The van der Waals surface area contributed by atoms with E-state index in [4.69, 9.17) is 4.99 Å². The molecule has 0 amide bonds. The summed E-state index contributed by atoms with van der Waals surface area (Å²) in [6.07, 6.45) is 1.86. The van der Waals surface area contributed by atoms with Gasteiger partial charge in [-0.1, -0.05) is 36.4 Å². The number of aryl methyl sites for hydroxylation is 1. The second kappa shape index (κ2) is 9.61. The van der Waals surface area contributed by atoms with Gasteiger partial charge in [0, 0.05) is 55.9 Å². The predicted molar refractivity (Wildman–Crippen MR) is 138 cm³/mol. The first kappa shape index (κ1) is 22.0. The van der Waals surface area contributed by atoms with E-state index in [0.717, 1.165) is 66.6 Å². The Hall–Kier alpha value is -3.77. The SMILES string of the molecule is CC(=Nc1cc(N2CCN(Cc3ccccn3)CC2)ccc1C)c1c2cccccc-2[nH]c1=O. The molecule has 6 nitrogen and oxygen atoms in total. The average Bonchev–Trinajstić information content (AvgIpc) is 2.99. The predicted octanol–water partition coefficient (Wildman–Crippen LogP) is 4.65. The Bertz CT molecular complexity index is 1340. The minimum Gasteiger partial charge on any atom is -0.369 e. The topological polar surface area (TPSA) is 64.6 Å². The molecule has 0 bridgehead atoms. The Morgan fingerprint density at radius 1 is 1.00 bits per heavy atom. The molecule has 34 heavy (non-hydrogen) atoms. The molecule has 6 heteroatoms. The van der Waals surface area contributed by atoms with Crippen molar-refractivity contribution in [1.29, 1.82) is 0 Å². The van der Waals surface area contributed by atoms with Gasteiger partial charge in [-0.2, -0.15) is 0 Å². The standard InChI is InChI=1S/C28H29N5O/c1-20-11-12-23(33-16-14-32(15-17-33)19-22-8-6-7-13-29-22)18-26(20)30-21(2)27-24-9-4-3-5-10-25(24)31-28(27)34/h3-13,18H,14-17,19H2,1-2H3,(H,31,34). The molecular formula is C28H29N5O. The van der Waals surface area contributed by atoms with Gasteiger partial charge in [-0.25, -0.2) is 0 Å². The summed E-state index contributed by atoms with van der Waals surface area (Å²) in [7, 11) is 0. The smallest absolute Gasteiger partial charge is 0.258 e. The Kier molecular flexibility index (Phi) is 6.23. The van der Waals surface area contributed by atoms with Crippen molar-refractivity contribution in [2.75, 3.05) is 31.1 Å². The molecule has 3 heterocycles. The summed E-state index contributed by atoms with van der Waals surface area (Å²) in [6.45, 7) is 8.77. The van der Waals surface area contributed by atoms with Crippen LogP contribution < -0.4 is 10.5 Å². The minimum atomic E-state index is -0.0970. The van der Waals surface area contributed by atoms with Crippen molar-refractivity contribution in [3.63, 3.8) is 0 Å². The number of rotatable bonds is 5. The van der Waals surface area contributed by atoms with Gasteiger partial charge in [0.25, 0.3) is 5.56 Å². The van der Waals surface area contributed by atoms with Crippen molar-refractivity contribution in [2.24, 2.45) is 4.99 Å². The molecule has 3 aliphatic rings. The highest BCUT2D eigenvalue weighted by Crippen LogP contribution is 2.29. The van der Waals surface area contributed by atoms with Crippen LogP contribution in [0.15, 0.2) is 82.7 Å². The number of aromatic amines is 1. The maximum absolute atomic E-state index is 12.7. The van der Waals surface area contributed by atoms with E-state index in [9.17, 15) is 4.79 Å². The first-order chi connectivity index (χ1) is 16.6. The number of aliphatic imine (C=N–C) groups is 1. The van der Waals surface area contributed by atoms with Crippen LogP contribution in [0, 0.1) is 6.92 Å². The summed E-state index contributed by atoms with van der Waals surface area (Å²) in [5.41, 5.74) is 7.27. The summed E-state index contributed by atoms with van der Waals surface area (Å²) >= 11 is 0. The fourth-order valence-corrected chi connectivity index (χ4v) is 4.58. The molecule has 0 radical (unpaired) electrons. The maximum atomic E-state index is 12.7.